The van der Waals surface area contributed by atoms with E-state index in [2.05, 4.69) is 25.9 Å². The third-order valence-corrected chi connectivity index (χ3v) is 3.65. The number of furan rings is 1. The van der Waals surface area contributed by atoms with E-state index in [1.807, 2.05) is 13.8 Å². The lowest BCUT2D eigenvalue weighted by Crippen LogP contribution is -2.29. The molecule has 2 heterocycles. The highest BCUT2D eigenvalue weighted by Crippen LogP contribution is 2.39. The zero-order chi connectivity index (χ0) is 14.8. The highest BCUT2D eigenvalue weighted by Gasteiger charge is 2.35. The second-order valence-electron chi connectivity index (χ2n) is 5.32. The Kier molecular flexibility index (Phi) is 3.55. The Morgan fingerprint density at radius 3 is 2.90 bits per heavy atom. The average Bonchev–Trinajstić information content (AvgIpc) is 3.06. The maximum absolute atomic E-state index is 12.1. The Bertz CT molecular complexity index is 635. The molecule has 3 rings (SSSR count). The van der Waals surface area contributed by atoms with Crippen LogP contribution in [0.15, 0.2) is 16.8 Å². The molecule has 21 heavy (non-hydrogen) atoms. The predicted molar refractivity (Wildman–Crippen MR) is 75.0 cm³/mol. The molecule has 1 amide bonds. The first kappa shape index (κ1) is 13.5. The van der Waals surface area contributed by atoms with Gasteiger partial charge < -0.3 is 9.73 Å². The number of aromatic amines is 1. The molecule has 1 unspecified atom stereocenters. The lowest BCUT2D eigenvalue weighted by atomic mass is 10.1. The van der Waals surface area contributed by atoms with Crippen molar-refractivity contribution in [3.05, 3.63) is 35.1 Å². The van der Waals surface area contributed by atoms with Crippen molar-refractivity contribution in [1.82, 2.24) is 25.9 Å². The summed E-state index contributed by atoms with van der Waals surface area (Å²) in [7, 11) is 0. The van der Waals surface area contributed by atoms with Gasteiger partial charge in [-0.2, -0.15) is 5.21 Å². The van der Waals surface area contributed by atoms with Crippen molar-refractivity contribution < 1.29 is 9.21 Å². The van der Waals surface area contributed by atoms with Gasteiger partial charge in [-0.25, -0.2) is 0 Å². The number of aryl methyl sites for hydroxylation is 2. The van der Waals surface area contributed by atoms with Gasteiger partial charge in [-0.15, -0.1) is 10.2 Å². The SMILES string of the molecule is Cc1coc(C)c1/C=C/C(=O)NC(c1nn[nH]n1)C1CC1. The van der Waals surface area contributed by atoms with Crippen LogP contribution in [-0.2, 0) is 4.79 Å². The summed E-state index contributed by atoms with van der Waals surface area (Å²) in [5, 5.41) is 16.9. The van der Waals surface area contributed by atoms with Crippen LogP contribution in [0.3, 0.4) is 0 Å². The van der Waals surface area contributed by atoms with E-state index in [0.717, 1.165) is 29.7 Å². The fourth-order valence-corrected chi connectivity index (χ4v) is 2.31. The number of hydrogen-bond donors (Lipinski definition) is 2. The minimum atomic E-state index is -0.174. The molecule has 2 N–H and O–H groups in total. The van der Waals surface area contributed by atoms with Gasteiger partial charge in [0.15, 0.2) is 5.82 Å². The standard InChI is InChI=1S/C14H17N5O2/c1-8-7-21-9(2)11(8)5-6-12(20)15-13(10-3-4-10)14-16-18-19-17-14/h5-7,10,13H,3-4H2,1-2H3,(H,15,20)(H,16,17,18,19)/b6-5+. The molecule has 0 bridgehead atoms. The first-order chi connectivity index (χ1) is 10.1. The van der Waals surface area contributed by atoms with Crippen molar-refractivity contribution in [2.24, 2.45) is 5.92 Å². The van der Waals surface area contributed by atoms with Gasteiger partial charge >= 0.3 is 0 Å². The van der Waals surface area contributed by atoms with Gasteiger partial charge in [-0.3, -0.25) is 4.79 Å². The fraction of sp³-hybridized carbons (Fsp3) is 0.429. The molecule has 2 aromatic rings. The van der Waals surface area contributed by atoms with Crippen LogP contribution in [0.25, 0.3) is 6.08 Å². The van der Waals surface area contributed by atoms with E-state index in [0.29, 0.717) is 11.7 Å². The molecule has 0 saturated heterocycles. The second kappa shape index (κ2) is 5.51. The largest absolute Gasteiger partial charge is 0.469 e. The number of hydrogen-bond acceptors (Lipinski definition) is 5. The summed E-state index contributed by atoms with van der Waals surface area (Å²) in [5.41, 5.74) is 1.95. The Morgan fingerprint density at radius 1 is 1.52 bits per heavy atom. The van der Waals surface area contributed by atoms with Crippen LogP contribution in [-0.4, -0.2) is 26.5 Å². The van der Waals surface area contributed by atoms with Gasteiger partial charge in [0.05, 0.1) is 12.3 Å². The number of rotatable bonds is 5. The van der Waals surface area contributed by atoms with E-state index in [4.69, 9.17) is 4.42 Å². The number of carbonyl (C=O) groups is 1. The third kappa shape index (κ3) is 3.01. The maximum atomic E-state index is 12.1. The molecule has 1 saturated carbocycles. The molecule has 7 nitrogen and oxygen atoms in total. The van der Waals surface area contributed by atoms with Gasteiger partial charge in [0, 0.05) is 11.6 Å². The lowest BCUT2D eigenvalue weighted by molar-refractivity contribution is -0.117. The number of nitrogens with one attached hydrogen (secondary N) is 2. The number of carbonyl (C=O) groups excluding carboxylic acids is 1. The Labute approximate surface area is 121 Å². The van der Waals surface area contributed by atoms with Crippen LogP contribution >= 0.6 is 0 Å². The van der Waals surface area contributed by atoms with Crippen molar-refractivity contribution >= 4 is 12.0 Å². The van der Waals surface area contributed by atoms with E-state index in [1.165, 1.54) is 6.08 Å². The van der Waals surface area contributed by atoms with Crippen molar-refractivity contribution in [2.75, 3.05) is 0 Å². The molecule has 0 spiro atoms. The first-order valence-electron chi connectivity index (χ1n) is 6.91. The van der Waals surface area contributed by atoms with Crippen LogP contribution < -0.4 is 5.32 Å². The monoisotopic (exact) mass is 287 g/mol. The smallest absolute Gasteiger partial charge is 0.244 e. The molecule has 1 fully saturated rings. The number of H-pyrrole nitrogens is 1. The van der Waals surface area contributed by atoms with E-state index in [9.17, 15) is 4.79 Å². The molecular weight excluding hydrogens is 270 g/mol. The Hall–Kier alpha value is -2.44. The van der Waals surface area contributed by atoms with E-state index in [-0.39, 0.29) is 11.9 Å². The minimum Gasteiger partial charge on any atom is -0.469 e. The molecule has 7 heteroatoms. The van der Waals surface area contributed by atoms with Crippen LogP contribution in [0.2, 0.25) is 0 Å². The molecule has 0 radical (unpaired) electrons. The molecule has 2 aromatic heterocycles. The Morgan fingerprint density at radius 2 is 2.33 bits per heavy atom. The van der Waals surface area contributed by atoms with Gasteiger partial charge in [0.2, 0.25) is 5.91 Å². The van der Waals surface area contributed by atoms with Gasteiger partial charge in [0.1, 0.15) is 5.76 Å². The summed E-state index contributed by atoms with van der Waals surface area (Å²) >= 11 is 0. The van der Waals surface area contributed by atoms with Crippen molar-refractivity contribution in [2.45, 2.75) is 32.7 Å². The molecule has 110 valence electrons. The summed E-state index contributed by atoms with van der Waals surface area (Å²) in [4.78, 5) is 12.1. The zero-order valence-electron chi connectivity index (χ0n) is 12.0. The molecule has 0 aromatic carbocycles. The van der Waals surface area contributed by atoms with Crippen molar-refractivity contribution in [3.63, 3.8) is 0 Å². The second-order valence-corrected chi connectivity index (χ2v) is 5.32. The first-order valence-corrected chi connectivity index (χ1v) is 6.91. The number of tetrazole rings is 1. The highest BCUT2D eigenvalue weighted by atomic mass is 16.3. The molecule has 0 aliphatic heterocycles. The molecule has 1 aliphatic rings. The van der Waals surface area contributed by atoms with Crippen molar-refractivity contribution in [1.29, 1.82) is 0 Å². The summed E-state index contributed by atoms with van der Waals surface area (Å²) in [6.45, 7) is 3.82. The molecule has 1 aliphatic carbocycles. The van der Waals surface area contributed by atoms with E-state index in [1.54, 1.807) is 12.3 Å². The van der Waals surface area contributed by atoms with Crippen LogP contribution in [0.5, 0.6) is 0 Å². The van der Waals surface area contributed by atoms with Gasteiger partial charge in [-0.1, -0.05) is 5.21 Å². The quantitative estimate of drug-likeness (QED) is 0.816. The van der Waals surface area contributed by atoms with Crippen LogP contribution in [0.4, 0.5) is 0 Å². The highest BCUT2D eigenvalue weighted by molar-refractivity contribution is 5.92. The van der Waals surface area contributed by atoms with Crippen LogP contribution in [0.1, 0.15) is 41.6 Å². The molecule has 1 atom stereocenters. The number of nitrogens with zero attached hydrogens (tertiary/aromatic N) is 3. The average molecular weight is 287 g/mol. The summed E-state index contributed by atoms with van der Waals surface area (Å²) in [6.07, 6.45) is 7.11. The number of amides is 1. The van der Waals surface area contributed by atoms with E-state index < -0.39 is 0 Å². The van der Waals surface area contributed by atoms with Crippen LogP contribution in [0, 0.1) is 19.8 Å². The normalized spacial score (nSPS) is 16.3. The predicted octanol–water partition coefficient (Wildman–Crippen LogP) is 1.69. The Balaban J connectivity index is 1.68. The lowest BCUT2D eigenvalue weighted by Gasteiger charge is -2.12. The zero-order valence-corrected chi connectivity index (χ0v) is 12.0. The van der Waals surface area contributed by atoms with Gasteiger partial charge in [0.25, 0.3) is 0 Å². The van der Waals surface area contributed by atoms with E-state index >= 15 is 0 Å². The van der Waals surface area contributed by atoms with Crippen molar-refractivity contribution in [3.8, 4) is 0 Å². The maximum Gasteiger partial charge on any atom is 0.244 e. The number of aromatic nitrogens is 4. The summed E-state index contributed by atoms with van der Waals surface area (Å²) < 4.78 is 5.30. The van der Waals surface area contributed by atoms with Gasteiger partial charge in [-0.05, 0) is 44.2 Å². The summed E-state index contributed by atoms with van der Waals surface area (Å²) in [6, 6.07) is -0.174. The fourth-order valence-electron chi connectivity index (χ4n) is 2.31. The third-order valence-electron chi connectivity index (χ3n) is 3.65. The minimum absolute atomic E-state index is 0.170. The topological polar surface area (TPSA) is 96.7 Å². The molecular formula is C14H17N5O2. The summed E-state index contributed by atoms with van der Waals surface area (Å²) in [5.74, 6) is 1.57.